The van der Waals surface area contributed by atoms with Gasteiger partial charge in [0.05, 0.1) is 0 Å². The number of anilines is 1. The molecule has 0 saturated carbocycles. The number of piperidine rings is 1. The maximum Gasteiger partial charge on any atom is 0.321 e. The second kappa shape index (κ2) is 9.33. The van der Waals surface area contributed by atoms with Gasteiger partial charge in [-0.1, -0.05) is 48.0 Å². The third kappa shape index (κ3) is 4.81. The SMILES string of the molecule is Cc1ccc(C2CCN(C(=O)Nc3ccc4cc(CN5CCCC5)ccc4c3)CC2)cc1. The molecule has 5 rings (SSSR count). The molecular formula is C28H33N3O. The zero-order valence-electron chi connectivity index (χ0n) is 19.0. The Hall–Kier alpha value is -2.85. The molecule has 3 aromatic carbocycles. The van der Waals surface area contributed by atoms with Crippen LogP contribution in [0.3, 0.4) is 0 Å². The van der Waals surface area contributed by atoms with E-state index in [1.807, 2.05) is 11.0 Å². The number of amides is 2. The molecule has 2 aliphatic heterocycles. The first kappa shape index (κ1) is 21.0. The van der Waals surface area contributed by atoms with E-state index in [1.165, 1.54) is 53.4 Å². The number of nitrogens with zero attached hydrogens (tertiary/aromatic N) is 2. The summed E-state index contributed by atoms with van der Waals surface area (Å²) >= 11 is 0. The summed E-state index contributed by atoms with van der Waals surface area (Å²) in [6.45, 7) is 7.19. The highest BCUT2D eigenvalue weighted by molar-refractivity contribution is 5.93. The summed E-state index contributed by atoms with van der Waals surface area (Å²) in [7, 11) is 0. The van der Waals surface area contributed by atoms with Crippen molar-refractivity contribution in [3.05, 3.63) is 77.4 Å². The number of nitrogens with one attached hydrogen (secondary N) is 1. The first-order valence-electron chi connectivity index (χ1n) is 12.0. The molecule has 166 valence electrons. The minimum Gasteiger partial charge on any atom is -0.324 e. The largest absolute Gasteiger partial charge is 0.324 e. The number of urea groups is 1. The van der Waals surface area contributed by atoms with Crippen molar-refractivity contribution in [2.45, 2.75) is 45.1 Å². The zero-order valence-corrected chi connectivity index (χ0v) is 19.0. The van der Waals surface area contributed by atoms with E-state index < -0.39 is 0 Å². The molecule has 1 N–H and O–H groups in total. The lowest BCUT2D eigenvalue weighted by Gasteiger charge is -2.32. The first-order chi connectivity index (χ1) is 15.6. The van der Waals surface area contributed by atoms with Gasteiger partial charge in [-0.15, -0.1) is 0 Å². The number of likely N-dealkylation sites (tertiary alicyclic amines) is 2. The molecule has 0 aromatic heterocycles. The predicted octanol–water partition coefficient (Wildman–Crippen LogP) is 6.16. The van der Waals surface area contributed by atoms with Gasteiger partial charge in [0.15, 0.2) is 0 Å². The van der Waals surface area contributed by atoms with Gasteiger partial charge in [0.25, 0.3) is 0 Å². The average Bonchev–Trinajstić information content (AvgIpc) is 3.33. The zero-order chi connectivity index (χ0) is 21.9. The number of benzene rings is 3. The Balaban J connectivity index is 1.18. The van der Waals surface area contributed by atoms with E-state index in [1.54, 1.807) is 0 Å². The van der Waals surface area contributed by atoms with Gasteiger partial charge in [-0.3, -0.25) is 4.90 Å². The van der Waals surface area contributed by atoms with Gasteiger partial charge in [0.2, 0.25) is 0 Å². The summed E-state index contributed by atoms with van der Waals surface area (Å²) in [6.07, 6.45) is 4.68. The number of rotatable bonds is 4. The fourth-order valence-electron chi connectivity index (χ4n) is 5.13. The molecule has 2 heterocycles. The van der Waals surface area contributed by atoms with Gasteiger partial charge in [0.1, 0.15) is 0 Å². The highest BCUT2D eigenvalue weighted by Crippen LogP contribution is 2.29. The fourth-order valence-corrected chi connectivity index (χ4v) is 5.13. The van der Waals surface area contributed by atoms with Gasteiger partial charge in [0, 0.05) is 25.3 Å². The van der Waals surface area contributed by atoms with E-state index in [9.17, 15) is 4.79 Å². The normalized spacial score (nSPS) is 17.7. The molecule has 2 saturated heterocycles. The number of carbonyl (C=O) groups is 1. The number of aryl methyl sites for hydroxylation is 1. The van der Waals surface area contributed by atoms with Crippen LogP contribution in [0.2, 0.25) is 0 Å². The molecule has 4 heteroatoms. The van der Waals surface area contributed by atoms with Crippen LogP contribution in [0.1, 0.15) is 48.3 Å². The minimum absolute atomic E-state index is 0.0114. The van der Waals surface area contributed by atoms with Crippen LogP contribution in [0.25, 0.3) is 10.8 Å². The summed E-state index contributed by atoms with van der Waals surface area (Å²) in [4.78, 5) is 17.3. The van der Waals surface area contributed by atoms with Gasteiger partial charge in [-0.2, -0.15) is 0 Å². The molecule has 0 bridgehead atoms. The van der Waals surface area contributed by atoms with Crippen molar-refractivity contribution in [1.29, 1.82) is 0 Å². The number of hydrogen-bond donors (Lipinski definition) is 1. The maximum atomic E-state index is 12.8. The highest BCUT2D eigenvalue weighted by atomic mass is 16.2. The Morgan fingerprint density at radius 1 is 0.875 bits per heavy atom. The Morgan fingerprint density at radius 2 is 1.56 bits per heavy atom. The average molecular weight is 428 g/mol. The maximum absolute atomic E-state index is 12.8. The van der Waals surface area contributed by atoms with E-state index in [2.05, 4.69) is 71.7 Å². The van der Waals surface area contributed by atoms with Crippen LogP contribution >= 0.6 is 0 Å². The third-order valence-corrected chi connectivity index (χ3v) is 7.09. The smallest absolute Gasteiger partial charge is 0.321 e. The topological polar surface area (TPSA) is 35.6 Å². The van der Waals surface area contributed by atoms with Crippen molar-refractivity contribution in [2.24, 2.45) is 0 Å². The standard InChI is InChI=1S/C28H33N3O/c1-21-4-7-23(8-5-21)24-12-16-31(17-13-24)28(32)29-27-11-10-25-18-22(6-9-26(25)19-27)20-30-14-2-3-15-30/h4-11,18-19,24H,2-3,12-17,20H2,1H3,(H,29,32). The summed E-state index contributed by atoms with van der Waals surface area (Å²) < 4.78 is 0. The molecule has 32 heavy (non-hydrogen) atoms. The van der Waals surface area contributed by atoms with Crippen LogP contribution in [-0.2, 0) is 6.54 Å². The van der Waals surface area contributed by atoms with E-state index >= 15 is 0 Å². The Bertz CT molecular complexity index is 1080. The lowest BCUT2D eigenvalue weighted by atomic mass is 9.89. The second-order valence-corrected chi connectivity index (χ2v) is 9.48. The van der Waals surface area contributed by atoms with Crippen LogP contribution < -0.4 is 5.32 Å². The quantitative estimate of drug-likeness (QED) is 0.542. The molecule has 2 fully saturated rings. The molecule has 2 aliphatic rings. The third-order valence-electron chi connectivity index (χ3n) is 7.09. The molecule has 0 spiro atoms. The number of carbonyl (C=O) groups excluding carboxylic acids is 1. The van der Waals surface area contributed by atoms with Crippen LogP contribution in [0, 0.1) is 6.92 Å². The lowest BCUT2D eigenvalue weighted by molar-refractivity contribution is 0.194. The first-order valence-corrected chi connectivity index (χ1v) is 12.0. The summed E-state index contributed by atoms with van der Waals surface area (Å²) in [5.74, 6) is 0.551. The fraction of sp³-hybridized carbons (Fsp3) is 0.393. The van der Waals surface area contributed by atoms with Crippen molar-refractivity contribution < 1.29 is 4.79 Å². The lowest BCUT2D eigenvalue weighted by Crippen LogP contribution is -2.40. The van der Waals surface area contributed by atoms with Crippen LogP contribution in [0.5, 0.6) is 0 Å². The van der Waals surface area contributed by atoms with Crippen molar-refractivity contribution in [1.82, 2.24) is 9.80 Å². The van der Waals surface area contributed by atoms with E-state index in [4.69, 9.17) is 0 Å². The highest BCUT2D eigenvalue weighted by Gasteiger charge is 2.24. The van der Waals surface area contributed by atoms with Crippen LogP contribution in [0.15, 0.2) is 60.7 Å². The van der Waals surface area contributed by atoms with E-state index in [0.717, 1.165) is 38.2 Å². The molecule has 3 aromatic rings. The van der Waals surface area contributed by atoms with Crippen molar-refractivity contribution >= 4 is 22.5 Å². The van der Waals surface area contributed by atoms with Gasteiger partial charge in [-0.05, 0) is 91.7 Å². The summed E-state index contributed by atoms with van der Waals surface area (Å²) in [6, 6.07) is 21.8. The summed E-state index contributed by atoms with van der Waals surface area (Å²) in [5, 5.41) is 5.53. The van der Waals surface area contributed by atoms with Gasteiger partial charge in [-0.25, -0.2) is 4.79 Å². The van der Waals surface area contributed by atoms with Crippen molar-refractivity contribution in [2.75, 3.05) is 31.5 Å². The molecule has 0 radical (unpaired) electrons. The Kier molecular flexibility index (Phi) is 6.13. The number of hydrogen-bond acceptors (Lipinski definition) is 2. The molecular weight excluding hydrogens is 394 g/mol. The molecule has 0 unspecified atom stereocenters. The Labute approximate surface area is 191 Å². The van der Waals surface area contributed by atoms with Gasteiger partial charge >= 0.3 is 6.03 Å². The van der Waals surface area contributed by atoms with Gasteiger partial charge < -0.3 is 10.2 Å². The van der Waals surface area contributed by atoms with Crippen molar-refractivity contribution in [3.8, 4) is 0 Å². The molecule has 2 amide bonds. The van der Waals surface area contributed by atoms with E-state index in [0.29, 0.717) is 5.92 Å². The second-order valence-electron chi connectivity index (χ2n) is 9.48. The molecule has 0 aliphatic carbocycles. The monoisotopic (exact) mass is 427 g/mol. The number of fused-ring (bicyclic) bond motifs is 1. The Morgan fingerprint density at radius 3 is 2.31 bits per heavy atom. The molecule has 4 nitrogen and oxygen atoms in total. The van der Waals surface area contributed by atoms with E-state index in [-0.39, 0.29) is 6.03 Å². The van der Waals surface area contributed by atoms with Crippen molar-refractivity contribution in [3.63, 3.8) is 0 Å². The van der Waals surface area contributed by atoms with Crippen LogP contribution in [-0.4, -0.2) is 42.0 Å². The molecule has 0 atom stereocenters. The minimum atomic E-state index is 0.0114. The summed E-state index contributed by atoms with van der Waals surface area (Å²) in [5.41, 5.74) is 4.93. The predicted molar refractivity (Wildman–Crippen MR) is 132 cm³/mol. The van der Waals surface area contributed by atoms with Crippen LogP contribution in [0.4, 0.5) is 10.5 Å².